The molecule has 0 fully saturated rings. The molecule has 2 N–H and O–H groups in total. The quantitative estimate of drug-likeness (QED) is 0.812. The number of alkyl carbamates (subject to hydrolysis) is 1. The Kier molecular flexibility index (Phi) is 3.89. The summed E-state index contributed by atoms with van der Waals surface area (Å²) in [6.07, 6.45) is 2.05. The third-order valence-electron chi connectivity index (χ3n) is 1.67. The fourth-order valence-electron chi connectivity index (χ4n) is 1.05. The molecule has 0 unspecified atom stereocenters. The lowest BCUT2D eigenvalue weighted by Gasteiger charge is -2.21. The van der Waals surface area contributed by atoms with Crippen LogP contribution in [0.2, 0.25) is 0 Å². The van der Waals surface area contributed by atoms with Crippen molar-refractivity contribution in [1.29, 1.82) is 0 Å². The van der Waals surface area contributed by atoms with Crippen LogP contribution in [0.5, 0.6) is 0 Å². The minimum absolute atomic E-state index is 0.283. The first-order chi connectivity index (χ1) is 7.42. The molecule has 0 bridgehead atoms. The van der Waals surface area contributed by atoms with E-state index in [0.717, 1.165) is 0 Å². The van der Waals surface area contributed by atoms with Crippen molar-refractivity contribution in [2.24, 2.45) is 0 Å². The molecule has 1 rings (SSSR count). The number of rotatable bonds is 3. The molecule has 6 nitrogen and oxygen atoms in total. The van der Waals surface area contributed by atoms with E-state index in [9.17, 15) is 4.79 Å². The maximum atomic E-state index is 11.4. The third kappa shape index (κ3) is 3.90. The lowest BCUT2D eigenvalue weighted by molar-refractivity contribution is 0.0472. The smallest absolute Gasteiger partial charge is 0.408 e. The van der Waals surface area contributed by atoms with Gasteiger partial charge < -0.3 is 19.6 Å². The molecule has 0 aliphatic carbocycles. The predicted molar refractivity (Wildman–Crippen MR) is 55.7 cm³/mol. The maximum Gasteiger partial charge on any atom is 0.408 e. The maximum absolute atomic E-state index is 11.4. The number of carbonyl (C=O) groups excluding carboxylic acids is 1. The van der Waals surface area contributed by atoms with Gasteiger partial charge in [-0.3, -0.25) is 0 Å². The Morgan fingerprint density at radius 2 is 2.38 bits per heavy atom. The molecule has 0 saturated carbocycles. The van der Waals surface area contributed by atoms with Gasteiger partial charge in [0.2, 0.25) is 0 Å². The van der Waals surface area contributed by atoms with Crippen LogP contribution in [-0.4, -0.2) is 28.4 Å². The van der Waals surface area contributed by atoms with Crippen molar-refractivity contribution in [1.82, 2.24) is 10.3 Å². The lowest BCUT2D eigenvalue weighted by Crippen LogP contribution is -2.36. The molecule has 0 saturated heterocycles. The van der Waals surface area contributed by atoms with Crippen LogP contribution in [0.1, 0.15) is 32.6 Å². The predicted octanol–water partition coefficient (Wildman–Crippen LogP) is 1.23. The summed E-state index contributed by atoms with van der Waals surface area (Å²) in [5, 5.41) is 11.6. The van der Waals surface area contributed by atoms with Gasteiger partial charge in [0.05, 0.1) is 12.8 Å². The van der Waals surface area contributed by atoms with Crippen LogP contribution in [0.15, 0.2) is 17.0 Å². The van der Waals surface area contributed by atoms with E-state index in [-0.39, 0.29) is 6.61 Å². The molecule has 0 aliphatic heterocycles. The van der Waals surface area contributed by atoms with E-state index in [1.807, 2.05) is 0 Å². The normalized spacial score (nSPS) is 13.2. The number of carbonyl (C=O) groups is 1. The van der Waals surface area contributed by atoms with Gasteiger partial charge in [0, 0.05) is 0 Å². The zero-order chi connectivity index (χ0) is 12.2. The second-order valence-electron chi connectivity index (χ2n) is 4.29. The SMILES string of the molecule is CC(C)(C)OC(=O)N[C@@H](CO)c1cnco1. The highest BCUT2D eigenvalue weighted by atomic mass is 16.6. The zero-order valence-corrected chi connectivity index (χ0v) is 9.56. The Balaban J connectivity index is 2.55. The summed E-state index contributed by atoms with van der Waals surface area (Å²) in [5.41, 5.74) is -0.578. The van der Waals surface area contributed by atoms with Crippen molar-refractivity contribution >= 4 is 6.09 Å². The standard InChI is InChI=1S/C10H16N2O4/c1-10(2,3)16-9(14)12-7(5-13)8-4-11-6-15-8/h4,6-7,13H,5H2,1-3H3,(H,12,14)/t7-/m0/s1. The molecule has 1 aromatic rings. The molecule has 6 heteroatoms. The number of ether oxygens (including phenoxy) is 1. The summed E-state index contributed by atoms with van der Waals surface area (Å²) in [4.78, 5) is 15.1. The second-order valence-corrected chi connectivity index (χ2v) is 4.29. The minimum atomic E-state index is -0.641. The number of nitrogens with zero attached hydrogens (tertiary/aromatic N) is 1. The Morgan fingerprint density at radius 1 is 1.69 bits per heavy atom. The number of oxazole rings is 1. The van der Waals surface area contributed by atoms with Crippen LogP contribution < -0.4 is 5.32 Å². The number of aliphatic hydroxyl groups excluding tert-OH is 1. The van der Waals surface area contributed by atoms with Gasteiger partial charge in [0.15, 0.2) is 6.39 Å². The minimum Gasteiger partial charge on any atom is -0.446 e. The molecule has 0 spiro atoms. The number of aromatic nitrogens is 1. The summed E-state index contributed by atoms with van der Waals surface area (Å²) in [6, 6.07) is -0.641. The van der Waals surface area contributed by atoms with Crippen LogP contribution in [0.25, 0.3) is 0 Å². The molecule has 0 aromatic carbocycles. The summed E-state index contributed by atoms with van der Waals surface area (Å²) in [6.45, 7) is 4.99. The molecule has 1 heterocycles. The van der Waals surface area contributed by atoms with Gasteiger partial charge in [0.25, 0.3) is 0 Å². The first-order valence-corrected chi connectivity index (χ1v) is 4.91. The van der Waals surface area contributed by atoms with Crippen molar-refractivity contribution in [3.05, 3.63) is 18.4 Å². The molecule has 16 heavy (non-hydrogen) atoms. The van der Waals surface area contributed by atoms with Gasteiger partial charge in [-0.2, -0.15) is 0 Å². The van der Waals surface area contributed by atoms with Crippen LogP contribution in [0, 0.1) is 0 Å². The third-order valence-corrected chi connectivity index (χ3v) is 1.67. The van der Waals surface area contributed by atoms with E-state index in [0.29, 0.717) is 5.76 Å². The van der Waals surface area contributed by atoms with Gasteiger partial charge in [-0.15, -0.1) is 0 Å². The summed E-state index contributed by atoms with van der Waals surface area (Å²) in [5.74, 6) is 0.383. The van der Waals surface area contributed by atoms with Crippen molar-refractivity contribution in [2.75, 3.05) is 6.61 Å². The highest BCUT2D eigenvalue weighted by Gasteiger charge is 2.21. The monoisotopic (exact) mass is 228 g/mol. The van der Waals surface area contributed by atoms with Gasteiger partial charge in [-0.25, -0.2) is 9.78 Å². The Morgan fingerprint density at radius 3 is 2.81 bits per heavy atom. The molecule has 0 aliphatic rings. The highest BCUT2D eigenvalue weighted by molar-refractivity contribution is 5.68. The summed E-state index contributed by atoms with van der Waals surface area (Å²) >= 11 is 0. The van der Waals surface area contributed by atoms with Crippen LogP contribution in [0.3, 0.4) is 0 Å². The Labute approximate surface area is 93.6 Å². The van der Waals surface area contributed by atoms with Gasteiger partial charge in [0.1, 0.15) is 17.4 Å². The van der Waals surface area contributed by atoms with E-state index in [4.69, 9.17) is 14.3 Å². The molecule has 0 radical (unpaired) electrons. The number of hydrogen-bond donors (Lipinski definition) is 2. The number of hydrogen-bond acceptors (Lipinski definition) is 5. The van der Waals surface area contributed by atoms with Crippen molar-refractivity contribution in [3.63, 3.8) is 0 Å². The average Bonchev–Trinajstić information content (AvgIpc) is 2.63. The number of aliphatic hydroxyl groups is 1. The van der Waals surface area contributed by atoms with E-state index in [2.05, 4.69) is 10.3 Å². The number of nitrogens with one attached hydrogen (secondary N) is 1. The Bertz CT molecular complexity index is 329. The van der Waals surface area contributed by atoms with E-state index >= 15 is 0 Å². The van der Waals surface area contributed by atoms with Crippen molar-refractivity contribution < 1.29 is 19.1 Å². The van der Waals surface area contributed by atoms with Crippen molar-refractivity contribution in [3.8, 4) is 0 Å². The molecule has 1 aromatic heterocycles. The average molecular weight is 228 g/mol. The fraction of sp³-hybridized carbons (Fsp3) is 0.600. The second kappa shape index (κ2) is 4.98. The lowest BCUT2D eigenvalue weighted by atomic mass is 10.2. The number of amides is 1. The van der Waals surface area contributed by atoms with Gasteiger partial charge >= 0.3 is 6.09 Å². The largest absolute Gasteiger partial charge is 0.446 e. The van der Waals surface area contributed by atoms with E-state index in [1.165, 1.54) is 12.6 Å². The highest BCUT2D eigenvalue weighted by Crippen LogP contribution is 2.13. The van der Waals surface area contributed by atoms with Gasteiger partial charge in [-0.1, -0.05) is 0 Å². The zero-order valence-electron chi connectivity index (χ0n) is 9.56. The molecule has 1 amide bonds. The fourth-order valence-corrected chi connectivity index (χ4v) is 1.05. The van der Waals surface area contributed by atoms with Crippen LogP contribution in [0.4, 0.5) is 4.79 Å². The molecule has 1 atom stereocenters. The molecular formula is C10H16N2O4. The topological polar surface area (TPSA) is 84.6 Å². The molecule has 90 valence electrons. The first kappa shape index (κ1) is 12.5. The Hall–Kier alpha value is -1.56. The summed E-state index contributed by atoms with van der Waals surface area (Å²) in [7, 11) is 0. The first-order valence-electron chi connectivity index (χ1n) is 4.91. The van der Waals surface area contributed by atoms with E-state index < -0.39 is 17.7 Å². The van der Waals surface area contributed by atoms with Crippen molar-refractivity contribution in [2.45, 2.75) is 32.4 Å². The van der Waals surface area contributed by atoms with E-state index in [1.54, 1.807) is 20.8 Å². The van der Waals surface area contributed by atoms with Gasteiger partial charge in [-0.05, 0) is 20.8 Å². The summed E-state index contributed by atoms with van der Waals surface area (Å²) < 4.78 is 10.0. The van der Waals surface area contributed by atoms with Crippen LogP contribution in [-0.2, 0) is 4.74 Å². The molecular weight excluding hydrogens is 212 g/mol. The van der Waals surface area contributed by atoms with Crippen LogP contribution >= 0.6 is 0 Å².